The Morgan fingerprint density at radius 1 is 1.45 bits per heavy atom. The number of benzene rings is 1. The smallest absolute Gasteiger partial charge is 0.220 e. The molecule has 0 bridgehead atoms. The van der Waals surface area contributed by atoms with Gasteiger partial charge in [-0.25, -0.2) is 4.98 Å². The van der Waals surface area contributed by atoms with Gasteiger partial charge in [0.2, 0.25) is 5.91 Å². The molecule has 5 nitrogen and oxygen atoms in total. The number of aliphatic hydroxyl groups is 1. The summed E-state index contributed by atoms with van der Waals surface area (Å²) in [7, 11) is 0. The zero-order valence-electron chi connectivity index (χ0n) is 13.5. The highest BCUT2D eigenvalue weighted by atomic mass is 16.3. The number of amides is 1. The standard InChI is InChI=1S/C17H25N3O2/c1-4-11(2)14(21)10-18-16(22)9-8-15-19-13-7-5-6-12(3)17(13)20-15/h5-7,11,14,21H,4,8-10H2,1-3H3,(H,18,22)(H,19,20). The first-order valence-corrected chi connectivity index (χ1v) is 7.90. The molecule has 22 heavy (non-hydrogen) atoms. The number of aryl methyl sites for hydroxylation is 2. The van der Waals surface area contributed by atoms with Crippen LogP contribution in [0, 0.1) is 12.8 Å². The number of hydrogen-bond acceptors (Lipinski definition) is 3. The van der Waals surface area contributed by atoms with E-state index >= 15 is 0 Å². The molecule has 1 amide bonds. The van der Waals surface area contributed by atoms with Gasteiger partial charge in [-0.05, 0) is 24.5 Å². The topological polar surface area (TPSA) is 78.0 Å². The molecule has 1 heterocycles. The van der Waals surface area contributed by atoms with Gasteiger partial charge in [0.1, 0.15) is 5.82 Å². The van der Waals surface area contributed by atoms with Gasteiger partial charge in [0, 0.05) is 19.4 Å². The molecule has 0 fully saturated rings. The lowest BCUT2D eigenvalue weighted by atomic mass is 10.0. The summed E-state index contributed by atoms with van der Waals surface area (Å²) in [6.07, 6.45) is 1.35. The van der Waals surface area contributed by atoms with Gasteiger partial charge in [-0.3, -0.25) is 4.79 Å². The predicted octanol–water partition coefficient (Wildman–Crippen LogP) is 2.33. The van der Waals surface area contributed by atoms with Crippen LogP contribution in [0.3, 0.4) is 0 Å². The van der Waals surface area contributed by atoms with E-state index in [0.29, 0.717) is 19.4 Å². The van der Waals surface area contributed by atoms with Crippen molar-refractivity contribution in [3.05, 3.63) is 29.6 Å². The van der Waals surface area contributed by atoms with E-state index in [2.05, 4.69) is 15.3 Å². The number of aromatic nitrogens is 2. The number of aliphatic hydroxyl groups excluding tert-OH is 1. The second-order valence-corrected chi connectivity index (χ2v) is 5.91. The molecule has 3 N–H and O–H groups in total. The van der Waals surface area contributed by atoms with Gasteiger partial charge in [0.15, 0.2) is 0 Å². The van der Waals surface area contributed by atoms with Crippen molar-refractivity contribution in [1.82, 2.24) is 15.3 Å². The van der Waals surface area contributed by atoms with Gasteiger partial charge < -0.3 is 15.4 Å². The van der Waals surface area contributed by atoms with Crippen molar-refractivity contribution in [1.29, 1.82) is 0 Å². The molecule has 0 saturated carbocycles. The van der Waals surface area contributed by atoms with E-state index < -0.39 is 6.10 Å². The highest BCUT2D eigenvalue weighted by molar-refractivity contribution is 5.79. The molecule has 2 rings (SSSR count). The summed E-state index contributed by atoms with van der Waals surface area (Å²) < 4.78 is 0. The van der Waals surface area contributed by atoms with Crippen LogP contribution in [0.15, 0.2) is 18.2 Å². The van der Waals surface area contributed by atoms with Gasteiger partial charge in [-0.1, -0.05) is 32.4 Å². The average Bonchev–Trinajstić information content (AvgIpc) is 2.94. The molecule has 120 valence electrons. The maximum Gasteiger partial charge on any atom is 0.220 e. The summed E-state index contributed by atoms with van der Waals surface area (Å²) in [4.78, 5) is 19.6. The summed E-state index contributed by atoms with van der Waals surface area (Å²) in [6.45, 7) is 6.34. The molecule has 0 spiro atoms. The molecule has 2 atom stereocenters. The fraction of sp³-hybridized carbons (Fsp3) is 0.529. The molecule has 2 unspecified atom stereocenters. The second-order valence-electron chi connectivity index (χ2n) is 5.91. The Balaban J connectivity index is 1.84. The number of rotatable bonds is 7. The molecule has 0 aliphatic carbocycles. The van der Waals surface area contributed by atoms with Crippen molar-refractivity contribution in [3.63, 3.8) is 0 Å². The van der Waals surface area contributed by atoms with Gasteiger partial charge in [0.25, 0.3) is 0 Å². The third-order valence-electron chi connectivity index (χ3n) is 4.16. The molecule has 0 aliphatic heterocycles. The lowest BCUT2D eigenvalue weighted by Gasteiger charge is -2.17. The van der Waals surface area contributed by atoms with Gasteiger partial charge in [-0.2, -0.15) is 0 Å². The Morgan fingerprint density at radius 3 is 2.91 bits per heavy atom. The number of nitrogens with zero attached hydrogens (tertiary/aromatic N) is 1. The van der Waals surface area contributed by atoms with Crippen LogP contribution in [0.25, 0.3) is 11.0 Å². The fourth-order valence-corrected chi connectivity index (χ4v) is 2.36. The molecular formula is C17H25N3O2. The third-order valence-corrected chi connectivity index (χ3v) is 4.16. The maximum atomic E-state index is 11.8. The minimum atomic E-state index is -0.484. The van der Waals surface area contributed by atoms with E-state index in [0.717, 1.165) is 28.8 Å². The number of aromatic amines is 1. The highest BCUT2D eigenvalue weighted by Crippen LogP contribution is 2.16. The Kier molecular flexibility index (Phi) is 5.55. The number of para-hydroxylation sites is 1. The SMILES string of the molecule is CCC(C)C(O)CNC(=O)CCc1nc2c(C)cccc2[nH]1. The van der Waals surface area contributed by atoms with Crippen molar-refractivity contribution in [2.24, 2.45) is 5.92 Å². The zero-order chi connectivity index (χ0) is 16.1. The quantitative estimate of drug-likeness (QED) is 0.734. The van der Waals surface area contributed by atoms with Gasteiger partial charge in [0.05, 0.1) is 17.1 Å². The Bertz CT molecular complexity index is 636. The Hall–Kier alpha value is -1.88. The molecule has 1 aromatic heterocycles. The minimum absolute atomic E-state index is 0.0560. The van der Waals surface area contributed by atoms with Crippen LogP contribution in [-0.4, -0.2) is 33.6 Å². The fourth-order valence-electron chi connectivity index (χ4n) is 2.36. The summed E-state index contributed by atoms with van der Waals surface area (Å²) >= 11 is 0. The molecule has 0 aliphatic rings. The summed E-state index contributed by atoms with van der Waals surface area (Å²) in [6, 6.07) is 6.00. The molecule has 0 radical (unpaired) electrons. The summed E-state index contributed by atoms with van der Waals surface area (Å²) in [5, 5.41) is 12.6. The first-order chi connectivity index (χ1) is 10.5. The third kappa shape index (κ3) is 4.07. The van der Waals surface area contributed by atoms with Crippen LogP contribution in [-0.2, 0) is 11.2 Å². The van der Waals surface area contributed by atoms with Crippen molar-refractivity contribution >= 4 is 16.9 Å². The van der Waals surface area contributed by atoms with Crippen molar-refractivity contribution in [3.8, 4) is 0 Å². The van der Waals surface area contributed by atoms with E-state index in [1.54, 1.807) is 0 Å². The molecule has 2 aromatic rings. The monoisotopic (exact) mass is 303 g/mol. The first kappa shape index (κ1) is 16.5. The van der Waals surface area contributed by atoms with Crippen molar-refractivity contribution in [2.45, 2.75) is 46.1 Å². The number of imidazole rings is 1. The number of carbonyl (C=O) groups excluding carboxylic acids is 1. The van der Waals surface area contributed by atoms with Crippen LogP contribution < -0.4 is 5.32 Å². The normalized spacial score (nSPS) is 14.0. The number of carbonyl (C=O) groups is 1. The molecular weight excluding hydrogens is 278 g/mol. The van der Waals surface area contributed by atoms with E-state index in [4.69, 9.17) is 0 Å². The van der Waals surface area contributed by atoms with Crippen LogP contribution in [0.4, 0.5) is 0 Å². The molecule has 0 saturated heterocycles. The van der Waals surface area contributed by atoms with E-state index in [9.17, 15) is 9.90 Å². The number of fused-ring (bicyclic) bond motifs is 1. The largest absolute Gasteiger partial charge is 0.391 e. The second kappa shape index (κ2) is 7.40. The Morgan fingerprint density at radius 2 is 2.23 bits per heavy atom. The van der Waals surface area contributed by atoms with Crippen LogP contribution in [0.2, 0.25) is 0 Å². The first-order valence-electron chi connectivity index (χ1n) is 7.90. The zero-order valence-corrected chi connectivity index (χ0v) is 13.5. The lowest BCUT2D eigenvalue weighted by Crippen LogP contribution is -2.35. The van der Waals surface area contributed by atoms with Gasteiger partial charge >= 0.3 is 0 Å². The maximum absolute atomic E-state index is 11.8. The summed E-state index contributed by atoms with van der Waals surface area (Å²) in [5.74, 6) is 0.958. The lowest BCUT2D eigenvalue weighted by molar-refractivity contribution is -0.121. The van der Waals surface area contributed by atoms with Crippen LogP contribution in [0.5, 0.6) is 0 Å². The molecule has 1 aromatic carbocycles. The predicted molar refractivity (Wildman–Crippen MR) is 87.6 cm³/mol. The molecule has 5 heteroatoms. The highest BCUT2D eigenvalue weighted by Gasteiger charge is 2.13. The Labute approximate surface area is 131 Å². The van der Waals surface area contributed by atoms with Crippen LogP contribution in [0.1, 0.15) is 38.1 Å². The minimum Gasteiger partial charge on any atom is -0.391 e. The number of H-pyrrole nitrogens is 1. The number of hydrogen-bond donors (Lipinski definition) is 3. The van der Waals surface area contributed by atoms with Crippen molar-refractivity contribution in [2.75, 3.05) is 6.54 Å². The van der Waals surface area contributed by atoms with E-state index in [1.165, 1.54) is 0 Å². The number of nitrogens with one attached hydrogen (secondary N) is 2. The average molecular weight is 303 g/mol. The van der Waals surface area contributed by atoms with E-state index in [-0.39, 0.29) is 11.8 Å². The van der Waals surface area contributed by atoms with Gasteiger partial charge in [-0.15, -0.1) is 0 Å². The van der Waals surface area contributed by atoms with E-state index in [1.807, 2.05) is 39.0 Å². The van der Waals surface area contributed by atoms with Crippen LogP contribution >= 0.6 is 0 Å². The summed E-state index contributed by atoms with van der Waals surface area (Å²) in [5.41, 5.74) is 3.09. The van der Waals surface area contributed by atoms with Crippen molar-refractivity contribution < 1.29 is 9.90 Å².